The maximum Gasteiger partial charge on any atom is 0.123 e. The van der Waals surface area contributed by atoms with Gasteiger partial charge in [-0.15, -0.1) is 11.3 Å². The molecule has 0 aliphatic carbocycles. The van der Waals surface area contributed by atoms with Gasteiger partial charge in [-0.05, 0) is 6.92 Å². The molecule has 0 spiro atoms. The van der Waals surface area contributed by atoms with E-state index in [1.807, 2.05) is 6.20 Å². The smallest absolute Gasteiger partial charge is 0.123 e. The predicted octanol–water partition coefficient (Wildman–Crippen LogP) is 2.22. The fourth-order valence-electron chi connectivity index (χ4n) is 1.74. The Morgan fingerprint density at radius 2 is 2.05 bits per heavy atom. The summed E-state index contributed by atoms with van der Waals surface area (Å²) in [6.45, 7) is 4.75. The summed E-state index contributed by atoms with van der Waals surface area (Å²) < 4.78 is 5.18. The van der Waals surface area contributed by atoms with Crippen LogP contribution in [0, 0.1) is 6.92 Å². The number of nitrogens with zero attached hydrogens (tertiary/aromatic N) is 1. The van der Waals surface area contributed by atoms with Crippen LogP contribution < -0.4 is 5.32 Å². The minimum Gasteiger partial charge on any atom is -0.394 e. The van der Waals surface area contributed by atoms with Gasteiger partial charge in [0.1, 0.15) is 5.01 Å². The van der Waals surface area contributed by atoms with E-state index >= 15 is 0 Å². The first-order valence-corrected chi connectivity index (χ1v) is 7.52. The molecule has 0 fully saturated rings. The molecule has 0 aliphatic heterocycles. The molecular weight excluding hydrogens is 272 g/mol. The van der Waals surface area contributed by atoms with E-state index in [4.69, 9.17) is 9.84 Å². The predicted molar refractivity (Wildman–Crippen MR) is 81.9 cm³/mol. The van der Waals surface area contributed by atoms with Crippen LogP contribution in [0.2, 0.25) is 0 Å². The summed E-state index contributed by atoms with van der Waals surface area (Å²) in [5, 5.41) is 12.9. The van der Waals surface area contributed by atoms with Crippen LogP contribution in [0.25, 0.3) is 10.6 Å². The summed E-state index contributed by atoms with van der Waals surface area (Å²) in [6.07, 6.45) is 1.92. The highest BCUT2D eigenvalue weighted by Gasteiger charge is 2.04. The summed E-state index contributed by atoms with van der Waals surface area (Å²) in [5.41, 5.74) is 2.42. The van der Waals surface area contributed by atoms with Crippen LogP contribution in [-0.4, -0.2) is 36.5 Å². The van der Waals surface area contributed by atoms with Gasteiger partial charge >= 0.3 is 0 Å². The first-order valence-electron chi connectivity index (χ1n) is 6.70. The minimum atomic E-state index is 0.0781. The summed E-state index contributed by atoms with van der Waals surface area (Å²) in [5.74, 6) is 0. The number of aryl methyl sites for hydroxylation is 1. The van der Waals surface area contributed by atoms with Gasteiger partial charge in [0.25, 0.3) is 0 Å². The molecule has 20 heavy (non-hydrogen) atoms. The average molecular weight is 292 g/mol. The number of nitrogens with one attached hydrogen (secondary N) is 1. The van der Waals surface area contributed by atoms with E-state index in [-0.39, 0.29) is 6.61 Å². The lowest BCUT2D eigenvalue weighted by Crippen LogP contribution is -2.19. The summed E-state index contributed by atoms with van der Waals surface area (Å²) in [6, 6.07) is 8.42. The van der Waals surface area contributed by atoms with E-state index in [1.165, 1.54) is 10.4 Å². The molecule has 0 saturated carbocycles. The van der Waals surface area contributed by atoms with E-state index in [9.17, 15) is 0 Å². The fraction of sp³-hybridized carbons (Fsp3) is 0.400. The molecule has 0 aliphatic rings. The first kappa shape index (κ1) is 15.1. The molecule has 1 heterocycles. The number of thiazole rings is 1. The number of aliphatic hydroxyl groups excluding tert-OH is 1. The van der Waals surface area contributed by atoms with E-state index in [1.54, 1.807) is 11.3 Å². The number of aliphatic hydroxyl groups is 1. The third-order valence-corrected chi connectivity index (χ3v) is 3.86. The lowest BCUT2D eigenvalue weighted by Gasteiger charge is -2.03. The molecule has 0 unspecified atom stereocenters. The van der Waals surface area contributed by atoms with Gasteiger partial charge in [0.2, 0.25) is 0 Å². The van der Waals surface area contributed by atoms with Gasteiger partial charge in [-0.3, -0.25) is 0 Å². The van der Waals surface area contributed by atoms with Crippen LogP contribution in [0.4, 0.5) is 0 Å². The second kappa shape index (κ2) is 8.11. The molecule has 0 bridgehead atoms. The molecular formula is C15H20N2O2S. The zero-order valence-electron chi connectivity index (χ0n) is 11.6. The Bertz CT molecular complexity index is 511. The molecule has 4 nitrogen and oxygen atoms in total. The van der Waals surface area contributed by atoms with Gasteiger partial charge in [-0.1, -0.05) is 29.8 Å². The van der Waals surface area contributed by atoms with Crippen LogP contribution in [0.1, 0.15) is 10.4 Å². The molecule has 5 heteroatoms. The number of benzene rings is 1. The van der Waals surface area contributed by atoms with E-state index in [0.29, 0.717) is 13.2 Å². The standard InChI is InChI=1S/C15H20N2O2S/c1-12-2-4-13(5-3-12)15-17-11-14(20-15)10-16-6-8-19-9-7-18/h2-5,11,16,18H,6-10H2,1H3. The highest BCUT2D eigenvalue weighted by atomic mass is 32.1. The highest BCUT2D eigenvalue weighted by molar-refractivity contribution is 7.15. The molecule has 2 N–H and O–H groups in total. The van der Waals surface area contributed by atoms with E-state index in [0.717, 1.165) is 23.7 Å². The summed E-state index contributed by atoms with van der Waals surface area (Å²) in [7, 11) is 0. The molecule has 0 radical (unpaired) electrons. The zero-order valence-corrected chi connectivity index (χ0v) is 12.4. The normalized spacial score (nSPS) is 10.9. The Kier molecular flexibility index (Phi) is 6.14. The molecule has 2 aromatic rings. The lowest BCUT2D eigenvalue weighted by molar-refractivity contribution is 0.0938. The van der Waals surface area contributed by atoms with Gasteiger partial charge in [-0.2, -0.15) is 0 Å². The van der Waals surface area contributed by atoms with Crippen molar-refractivity contribution >= 4 is 11.3 Å². The number of ether oxygens (including phenoxy) is 1. The first-order chi connectivity index (χ1) is 9.79. The van der Waals surface area contributed by atoms with Crippen LogP contribution in [0.5, 0.6) is 0 Å². The Morgan fingerprint density at radius 1 is 1.25 bits per heavy atom. The SMILES string of the molecule is Cc1ccc(-c2ncc(CNCCOCCO)s2)cc1. The topological polar surface area (TPSA) is 54.4 Å². The third-order valence-electron chi connectivity index (χ3n) is 2.81. The summed E-state index contributed by atoms with van der Waals surface area (Å²) >= 11 is 1.71. The second-order valence-corrected chi connectivity index (χ2v) is 5.63. The van der Waals surface area contributed by atoms with Crippen LogP contribution in [0.3, 0.4) is 0 Å². The fourth-order valence-corrected chi connectivity index (χ4v) is 2.63. The molecule has 1 aromatic heterocycles. The largest absolute Gasteiger partial charge is 0.394 e. The lowest BCUT2D eigenvalue weighted by atomic mass is 10.2. The number of hydrogen-bond donors (Lipinski definition) is 2. The van der Waals surface area contributed by atoms with Crippen molar-refractivity contribution in [1.82, 2.24) is 10.3 Å². The maximum atomic E-state index is 8.58. The summed E-state index contributed by atoms with van der Waals surface area (Å²) in [4.78, 5) is 5.67. The number of rotatable bonds is 8. The molecule has 0 atom stereocenters. The monoisotopic (exact) mass is 292 g/mol. The second-order valence-electron chi connectivity index (χ2n) is 4.51. The van der Waals surface area contributed by atoms with Gasteiger partial charge in [0.05, 0.1) is 19.8 Å². The van der Waals surface area contributed by atoms with Gasteiger partial charge in [0.15, 0.2) is 0 Å². The molecule has 108 valence electrons. The third kappa shape index (κ3) is 4.68. The van der Waals surface area contributed by atoms with Gasteiger partial charge in [-0.25, -0.2) is 4.98 Å². The molecule has 2 rings (SSSR count). The Hall–Kier alpha value is -1.27. The Morgan fingerprint density at radius 3 is 2.80 bits per heavy atom. The molecule has 0 saturated heterocycles. The Labute approximate surface area is 123 Å². The van der Waals surface area contributed by atoms with Crippen LogP contribution in [0.15, 0.2) is 30.5 Å². The van der Waals surface area contributed by atoms with Crippen molar-refractivity contribution in [2.24, 2.45) is 0 Å². The van der Waals surface area contributed by atoms with Gasteiger partial charge in [0, 0.05) is 29.7 Å². The van der Waals surface area contributed by atoms with Crippen LogP contribution >= 0.6 is 11.3 Å². The maximum absolute atomic E-state index is 8.58. The van der Waals surface area contributed by atoms with Crippen molar-refractivity contribution in [1.29, 1.82) is 0 Å². The zero-order chi connectivity index (χ0) is 14.2. The van der Waals surface area contributed by atoms with Crippen molar-refractivity contribution in [3.63, 3.8) is 0 Å². The number of hydrogen-bond acceptors (Lipinski definition) is 5. The van der Waals surface area contributed by atoms with Crippen molar-refractivity contribution in [3.8, 4) is 10.6 Å². The highest BCUT2D eigenvalue weighted by Crippen LogP contribution is 2.25. The minimum absolute atomic E-state index is 0.0781. The van der Waals surface area contributed by atoms with Crippen LogP contribution in [-0.2, 0) is 11.3 Å². The van der Waals surface area contributed by atoms with Crippen molar-refractivity contribution in [3.05, 3.63) is 40.9 Å². The van der Waals surface area contributed by atoms with E-state index in [2.05, 4.69) is 41.5 Å². The van der Waals surface area contributed by atoms with Crippen molar-refractivity contribution in [2.75, 3.05) is 26.4 Å². The van der Waals surface area contributed by atoms with Crippen molar-refractivity contribution < 1.29 is 9.84 Å². The molecule has 0 amide bonds. The molecule has 1 aromatic carbocycles. The Balaban J connectivity index is 1.79. The quantitative estimate of drug-likeness (QED) is 0.733. The average Bonchev–Trinajstić information content (AvgIpc) is 2.92. The van der Waals surface area contributed by atoms with E-state index < -0.39 is 0 Å². The number of aromatic nitrogens is 1. The van der Waals surface area contributed by atoms with Gasteiger partial charge < -0.3 is 15.2 Å². The van der Waals surface area contributed by atoms with Crippen molar-refractivity contribution in [2.45, 2.75) is 13.5 Å².